The van der Waals surface area contributed by atoms with Gasteiger partial charge in [-0.15, -0.1) is 0 Å². The molecule has 0 spiro atoms. The van der Waals surface area contributed by atoms with Crippen molar-refractivity contribution in [2.75, 3.05) is 6.54 Å². The molecule has 0 aromatic heterocycles. The molecule has 0 fully saturated rings. The summed E-state index contributed by atoms with van der Waals surface area (Å²) in [5.74, 6) is 0. The van der Waals surface area contributed by atoms with Crippen molar-refractivity contribution in [3.63, 3.8) is 0 Å². The highest BCUT2D eigenvalue weighted by Gasteiger charge is 2.14. The molecule has 2 heteroatoms. The fourth-order valence-electron chi connectivity index (χ4n) is 2.50. The van der Waals surface area contributed by atoms with Gasteiger partial charge < -0.3 is 5.32 Å². The molecule has 2 aromatic carbocycles. The minimum Gasteiger partial charge on any atom is -0.306 e. The van der Waals surface area contributed by atoms with Crippen LogP contribution in [0, 0.1) is 6.92 Å². The predicted molar refractivity (Wildman–Crippen MR) is 94.8 cm³/mol. The van der Waals surface area contributed by atoms with E-state index in [-0.39, 0.29) is 6.04 Å². The van der Waals surface area contributed by atoms with Gasteiger partial charge in [-0.3, -0.25) is 0 Å². The van der Waals surface area contributed by atoms with Gasteiger partial charge in [-0.25, -0.2) is 0 Å². The minimum atomic E-state index is 0.258. The quantitative estimate of drug-likeness (QED) is 0.737. The Hall–Kier alpha value is -1.12. The molecular formula is C19H24BrN. The lowest BCUT2D eigenvalue weighted by atomic mass is 9.96. The molecule has 0 saturated carbocycles. The average Bonchev–Trinajstić information content (AvgIpc) is 2.51. The van der Waals surface area contributed by atoms with Crippen molar-refractivity contribution in [3.05, 3.63) is 69.2 Å². The summed E-state index contributed by atoms with van der Waals surface area (Å²) in [7, 11) is 0. The zero-order chi connectivity index (χ0) is 15.2. The van der Waals surface area contributed by atoms with E-state index < -0.39 is 0 Å². The zero-order valence-corrected chi connectivity index (χ0v) is 14.7. The Bertz CT molecular complexity index is 592. The van der Waals surface area contributed by atoms with E-state index in [0.717, 1.165) is 19.4 Å². The summed E-state index contributed by atoms with van der Waals surface area (Å²) in [5.41, 5.74) is 5.32. The molecule has 0 saturated heterocycles. The first-order valence-electron chi connectivity index (χ1n) is 7.74. The van der Waals surface area contributed by atoms with Crippen LogP contribution in [-0.4, -0.2) is 6.54 Å². The SMILES string of the molecule is CCCNC(c1cccc(CC)c1)c1ccc(C)c(Br)c1. The van der Waals surface area contributed by atoms with E-state index in [0.29, 0.717) is 0 Å². The summed E-state index contributed by atoms with van der Waals surface area (Å²) in [6.45, 7) is 7.56. The number of aryl methyl sites for hydroxylation is 2. The van der Waals surface area contributed by atoms with Crippen molar-refractivity contribution in [1.82, 2.24) is 5.32 Å². The van der Waals surface area contributed by atoms with Gasteiger partial charge in [0.05, 0.1) is 6.04 Å². The van der Waals surface area contributed by atoms with Crippen molar-refractivity contribution in [2.24, 2.45) is 0 Å². The number of rotatable bonds is 6. The van der Waals surface area contributed by atoms with Crippen molar-refractivity contribution in [1.29, 1.82) is 0 Å². The molecule has 21 heavy (non-hydrogen) atoms. The van der Waals surface area contributed by atoms with Gasteiger partial charge in [-0.1, -0.05) is 66.2 Å². The Morgan fingerprint density at radius 2 is 1.81 bits per heavy atom. The van der Waals surface area contributed by atoms with Crippen molar-refractivity contribution >= 4 is 15.9 Å². The van der Waals surface area contributed by atoms with Gasteiger partial charge in [-0.2, -0.15) is 0 Å². The van der Waals surface area contributed by atoms with Gasteiger partial charge in [0.1, 0.15) is 0 Å². The van der Waals surface area contributed by atoms with E-state index in [1.54, 1.807) is 0 Å². The van der Waals surface area contributed by atoms with Crippen LogP contribution >= 0.6 is 15.9 Å². The molecule has 0 heterocycles. The Kier molecular flexibility index (Phi) is 6.01. The molecular weight excluding hydrogens is 322 g/mol. The Morgan fingerprint density at radius 3 is 2.48 bits per heavy atom. The summed E-state index contributed by atoms with van der Waals surface area (Å²) in [6.07, 6.45) is 2.21. The number of hydrogen-bond acceptors (Lipinski definition) is 1. The van der Waals surface area contributed by atoms with Gasteiger partial charge in [0.15, 0.2) is 0 Å². The van der Waals surface area contributed by atoms with E-state index in [9.17, 15) is 0 Å². The molecule has 1 atom stereocenters. The van der Waals surface area contributed by atoms with Gasteiger partial charge in [0.2, 0.25) is 0 Å². The molecule has 0 bridgehead atoms. The van der Waals surface area contributed by atoms with Crippen LogP contribution in [-0.2, 0) is 6.42 Å². The lowest BCUT2D eigenvalue weighted by molar-refractivity contribution is 0.598. The van der Waals surface area contributed by atoms with E-state index >= 15 is 0 Å². The number of nitrogens with one attached hydrogen (secondary N) is 1. The standard InChI is InChI=1S/C19H24BrN/c1-4-11-21-19(16-8-6-7-15(5-2)12-16)17-10-9-14(3)18(20)13-17/h6-10,12-13,19,21H,4-5,11H2,1-3H3. The second-order valence-corrected chi connectivity index (χ2v) is 6.35. The fourth-order valence-corrected chi connectivity index (χ4v) is 2.89. The fraction of sp³-hybridized carbons (Fsp3) is 0.368. The third-order valence-corrected chi connectivity index (χ3v) is 4.67. The zero-order valence-electron chi connectivity index (χ0n) is 13.1. The third kappa shape index (κ3) is 4.18. The smallest absolute Gasteiger partial charge is 0.0577 e. The second-order valence-electron chi connectivity index (χ2n) is 5.49. The number of halogens is 1. The van der Waals surface area contributed by atoms with Crippen LogP contribution in [0.25, 0.3) is 0 Å². The molecule has 2 rings (SSSR count). The van der Waals surface area contributed by atoms with Crippen LogP contribution in [0.4, 0.5) is 0 Å². The van der Waals surface area contributed by atoms with Crippen LogP contribution in [0.1, 0.15) is 48.6 Å². The lowest BCUT2D eigenvalue weighted by Gasteiger charge is -2.21. The van der Waals surface area contributed by atoms with Crippen LogP contribution in [0.2, 0.25) is 0 Å². The highest BCUT2D eigenvalue weighted by molar-refractivity contribution is 9.10. The van der Waals surface area contributed by atoms with Crippen molar-refractivity contribution < 1.29 is 0 Å². The lowest BCUT2D eigenvalue weighted by Crippen LogP contribution is -2.23. The molecule has 0 aliphatic carbocycles. The Balaban J connectivity index is 2.38. The van der Waals surface area contributed by atoms with Crippen LogP contribution < -0.4 is 5.32 Å². The summed E-state index contributed by atoms with van der Waals surface area (Å²) >= 11 is 3.66. The monoisotopic (exact) mass is 345 g/mol. The first-order chi connectivity index (χ1) is 10.2. The number of hydrogen-bond donors (Lipinski definition) is 1. The van der Waals surface area contributed by atoms with E-state index in [2.05, 4.69) is 84.5 Å². The maximum Gasteiger partial charge on any atom is 0.0577 e. The van der Waals surface area contributed by atoms with E-state index in [4.69, 9.17) is 0 Å². The first kappa shape index (κ1) is 16.3. The van der Waals surface area contributed by atoms with E-state index in [1.807, 2.05) is 0 Å². The van der Waals surface area contributed by atoms with Gasteiger partial charge in [0.25, 0.3) is 0 Å². The van der Waals surface area contributed by atoms with E-state index in [1.165, 1.54) is 26.7 Å². The molecule has 0 radical (unpaired) electrons. The molecule has 2 aromatic rings. The van der Waals surface area contributed by atoms with Gasteiger partial charge in [0, 0.05) is 4.47 Å². The summed E-state index contributed by atoms with van der Waals surface area (Å²) in [5, 5.41) is 3.68. The molecule has 0 amide bonds. The molecule has 1 N–H and O–H groups in total. The minimum absolute atomic E-state index is 0.258. The van der Waals surface area contributed by atoms with Crippen molar-refractivity contribution in [3.8, 4) is 0 Å². The van der Waals surface area contributed by atoms with Crippen LogP contribution in [0.3, 0.4) is 0 Å². The first-order valence-corrected chi connectivity index (χ1v) is 8.53. The topological polar surface area (TPSA) is 12.0 Å². The molecule has 0 aliphatic rings. The number of benzene rings is 2. The molecule has 0 aliphatic heterocycles. The van der Waals surface area contributed by atoms with Crippen LogP contribution in [0.15, 0.2) is 46.9 Å². The average molecular weight is 346 g/mol. The normalized spacial score (nSPS) is 12.4. The Morgan fingerprint density at radius 1 is 1.05 bits per heavy atom. The molecule has 112 valence electrons. The Labute approximate surface area is 136 Å². The van der Waals surface area contributed by atoms with Gasteiger partial charge >= 0.3 is 0 Å². The maximum atomic E-state index is 3.68. The molecule has 1 nitrogen and oxygen atoms in total. The summed E-state index contributed by atoms with van der Waals surface area (Å²) in [6, 6.07) is 15.8. The highest BCUT2D eigenvalue weighted by Crippen LogP contribution is 2.27. The predicted octanol–water partition coefficient (Wildman–Crippen LogP) is 5.41. The summed E-state index contributed by atoms with van der Waals surface area (Å²) < 4.78 is 1.18. The van der Waals surface area contributed by atoms with Crippen LogP contribution in [0.5, 0.6) is 0 Å². The highest BCUT2D eigenvalue weighted by atomic mass is 79.9. The maximum absolute atomic E-state index is 3.68. The third-order valence-electron chi connectivity index (χ3n) is 3.82. The summed E-state index contributed by atoms with van der Waals surface area (Å²) in [4.78, 5) is 0. The van der Waals surface area contributed by atoms with Crippen molar-refractivity contribution in [2.45, 2.75) is 39.7 Å². The largest absolute Gasteiger partial charge is 0.306 e. The molecule has 1 unspecified atom stereocenters. The second kappa shape index (κ2) is 7.77. The van der Waals surface area contributed by atoms with Gasteiger partial charge in [-0.05, 0) is 54.6 Å².